The van der Waals surface area contributed by atoms with Gasteiger partial charge in [-0.2, -0.15) is 0 Å². The average Bonchev–Trinajstić information content (AvgIpc) is 2.76. The molecule has 0 atom stereocenters. The third-order valence-electron chi connectivity index (χ3n) is 6.29. The molecule has 0 aliphatic rings. The Balaban J connectivity index is 6.23. The lowest BCUT2D eigenvalue weighted by Gasteiger charge is -2.20. The molecule has 0 heterocycles. The van der Waals surface area contributed by atoms with E-state index < -0.39 is 0 Å². The first-order valence-electron chi connectivity index (χ1n) is 13.6. The molecule has 0 aromatic rings. The Morgan fingerprint density at radius 1 is 0.400 bits per heavy atom. The molecule has 0 amide bonds. The zero-order chi connectivity index (χ0) is 22.6. The van der Waals surface area contributed by atoms with E-state index in [0.29, 0.717) is 5.78 Å². The highest BCUT2D eigenvalue weighted by Gasteiger charge is 2.21. The Hall–Kier alpha value is -0.850. The molecule has 0 unspecified atom stereocenters. The summed E-state index contributed by atoms with van der Waals surface area (Å²) in [7, 11) is 0. The number of carbonyl (C=O) groups excluding carboxylic acids is 1. The number of hydrogen-bond acceptors (Lipinski definition) is 1. The van der Waals surface area contributed by atoms with Gasteiger partial charge in [-0.25, -0.2) is 0 Å². The van der Waals surface area contributed by atoms with E-state index >= 15 is 0 Å². The number of Topliss-reactive ketones (excluding diaryl/α,β-unsaturated/α-hetero) is 1. The molecule has 0 aliphatic heterocycles. The van der Waals surface area contributed by atoms with E-state index in [1.165, 1.54) is 73.7 Å². The number of rotatable bonds is 20. The molecule has 0 aliphatic carbocycles. The normalized spacial score (nSPS) is 10.9. The van der Waals surface area contributed by atoms with Crippen molar-refractivity contribution in [1.29, 1.82) is 0 Å². The van der Waals surface area contributed by atoms with Gasteiger partial charge in [-0.05, 0) is 88.2 Å². The summed E-state index contributed by atoms with van der Waals surface area (Å²) in [6, 6.07) is 0. The van der Waals surface area contributed by atoms with Crippen molar-refractivity contribution in [2.45, 2.75) is 157 Å². The minimum atomic E-state index is 0.446. The predicted molar refractivity (Wildman–Crippen MR) is 136 cm³/mol. The Morgan fingerprint density at radius 2 is 0.633 bits per heavy atom. The zero-order valence-corrected chi connectivity index (χ0v) is 21.6. The van der Waals surface area contributed by atoms with Gasteiger partial charge in [0.25, 0.3) is 0 Å². The van der Waals surface area contributed by atoms with Crippen molar-refractivity contribution >= 4 is 5.78 Å². The maximum atomic E-state index is 14.1. The summed E-state index contributed by atoms with van der Waals surface area (Å²) >= 11 is 0. The summed E-state index contributed by atoms with van der Waals surface area (Å²) in [6.45, 7) is 13.6. The molecule has 0 radical (unpaired) electrons. The predicted octanol–water partition coefficient (Wildman–Crippen LogP) is 10.3. The van der Waals surface area contributed by atoms with Gasteiger partial charge in [-0.3, -0.25) is 4.79 Å². The first-order valence-corrected chi connectivity index (χ1v) is 13.6. The summed E-state index contributed by atoms with van der Waals surface area (Å²) in [5.74, 6) is 0.446. The number of unbranched alkanes of at least 4 members (excludes halogenated alkanes) is 6. The highest BCUT2D eigenvalue weighted by Crippen LogP contribution is 2.31. The number of carbonyl (C=O) groups is 1. The van der Waals surface area contributed by atoms with Gasteiger partial charge in [0.05, 0.1) is 0 Å². The fourth-order valence-corrected chi connectivity index (χ4v) is 4.21. The molecule has 0 spiro atoms. The van der Waals surface area contributed by atoms with Gasteiger partial charge in [-0.1, -0.05) is 91.2 Å². The fraction of sp³-hybridized carbons (Fsp3) is 0.828. The second kappa shape index (κ2) is 20.1. The summed E-state index contributed by atoms with van der Waals surface area (Å²) in [4.78, 5) is 14.1. The standard InChI is InChI=1S/C29H54O/c1-7-13-19-25(20-14-8-2)27(23-17-11-5)29(30)28(24-18-12-6)26(21-15-9-3)22-16-10-4/h7-24H2,1-6H3. The van der Waals surface area contributed by atoms with Crippen molar-refractivity contribution in [3.63, 3.8) is 0 Å². The summed E-state index contributed by atoms with van der Waals surface area (Å²) in [5.41, 5.74) is 5.43. The van der Waals surface area contributed by atoms with Crippen molar-refractivity contribution < 1.29 is 4.79 Å². The van der Waals surface area contributed by atoms with Gasteiger partial charge >= 0.3 is 0 Å². The summed E-state index contributed by atoms with van der Waals surface area (Å²) in [6.07, 6.45) is 20.8. The Bertz CT molecular complexity index is 430. The topological polar surface area (TPSA) is 17.1 Å². The first-order chi connectivity index (χ1) is 14.6. The van der Waals surface area contributed by atoms with E-state index in [-0.39, 0.29) is 0 Å². The molecular weight excluding hydrogens is 364 g/mol. The average molecular weight is 419 g/mol. The summed E-state index contributed by atoms with van der Waals surface area (Å²) < 4.78 is 0. The molecule has 0 aromatic heterocycles. The van der Waals surface area contributed by atoms with Crippen LogP contribution in [0.3, 0.4) is 0 Å². The molecule has 0 bridgehead atoms. The number of ketones is 1. The molecule has 0 fully saturated rings. The smallest absolute Gasteiger partial charge is 0.184 e. The highest BCUT2D eigenvalue weighted by atomic mass is 16.1. The van der Waals surface area contributed by atoms with Crippen LogP contribution in [-0.4, -0.2) is 5.78 Å². The number of hydrogen-bond donors (Lipinski definition) is 0. The van der Waals surface area contributed by atoms with Crippen LogP contribution in [-0.2, 0) is 4.79 Å². The van der Waals surface area contributed by atoms with Gasteiger partial charge in [0.1, 0.15) is 0 Å². The van der Waals surface area contributed by atoms with E-state index in [2.05, 4.69) is 41.5 Å². The number of allylic oxidation sites excluding steroid dienone is 4. The molecule has 0 aromatic carbocycles. The monoisotopic (exact) mass is 418 g/mol. The molecule has 176 valence electrons. The van der Waals surface area contributed by atoms with E-state index in [0.717, 1.165) is 64.2 Å². The fourth-order valence-electron chi connectivity index (χ4n) is 4.21. The van der Waals surface area contributed by atoms with Crippen molar-refractivity contribution in [3.05, 3.63) is 22.3 Å². The second-order valence-electron chi connectivity index (χ2n) is 9.11. The van der Waals surface area contributed by atoms with Crippen LogP contribution in [0.1, 0.15) is 157 Å². The van der Waals surface area contributed by atoms with E-state index in [9.17, 15) is 4.79 Å². The lowest BCUT2D eigenvalue weighted by atomic mass is 9.84. The SMILES string of the molecule is CCCCC(CCCC)=C(CCCC)C(=O)C(CCCC)=C(CCCC)CCCC. The summed E-state index contributed by atoms with van der Waals surface area (Å²) in [5, 5.41) is 0. The zero-order valence-electron chi connectivity index (χ0n) is 21.6. The van der Waals surface area contributed by atoms with Crippen molar-refractivity contribution in [3.8, 4) is 0 Å². The van der Waals surface area contributed by atoms with E-state index in [1.54, 1.807) is 0 Å². The second-order valence-corrected chi connectivity index (χ2v) is 9.11. The Kier molecular flexibility index (Phi) is 19.5. The lowest BCUT2D eigenvalue weighted by Crippen LogP contribution is -2.13. The van der Waals surface area contributed by atoms with Gasteiger partial charge in [0.15, 0.2) is 5.78 Å². The van der Waals surface area contributed by atoms with Crippen molar-refractivity contribution in [1.82, 2.24) is 0 Å². The molecular formula is C29H54O. The van der Waals surface area contributed by atoms with Crippen LogP contribution >= 0.6 is 0 Å². The van der Waals surface area contributed by atoms with Crippen LogP contribution < -0.4 is 0 Å². The Morgan fingerprint density at radius 3 is 0.867 bits per heavy atom. The van der Waals surface area contributed by atoms with Crippen LogP contribution in [0.5, 0.6) is 0 Å². The quantitative estimate of drug-likeness (QED) is 0.180. The first kappa shape index (κ1) is 29.1. The van der Waals surface area contributed by atoms with Gasteiger partial charge in [0.2, 0.25) is 0 Å². The molecule has 1 heteroatoms. The Labute approximate surface area is 190 Å². The van der Waals surface area contributed by atoms with Crippen LogP contribution in [0.4, 0.5) is 0 Å². The molecule has 0 rings (SSSR count). The third-order valence-corrected chi connectivity index (χ3v) is 6.29. The highest BCUT2D eigenvalue weighted by molar-refractivity contribution is 6.09. The molecule has 0 saturated heterocycles. The van der Waals surface area contributed by atoms with Gasteiger partial charge in [-0.15, -0.1) is 0 Å². The third kappa shape index (κ3) is 12.1. The lowest BCUT2D eigenvalue weighted by molar-refractivity contribution is -0.112. The van der Waals surface area contributed by atoms with Crippen molar-refractivity contribution in [2.24, 2.45) is 0 Å². The van der Waals surface area contributed by atoms with Crippen molar-refractivity contribution in [2.75, 3.05) is 0 Å². The molecule has 0 saturated carbocycles. The van der Waals surface area contributed by atoms with Crippen LogP contribution in [0.15, 0.2) is 22.3 Å². The van der Waals surface area contributed by atoms with E-state index in [1.807, 2.05) is 0 Å². The van der Waals surface area contributed by atoms with E-state index in [4.69, 9.17) is 0 Å². The maximum Gasteiger partial charge on any atom is 0.184 e. The minimum absolute atomic E-state index is 0.446. The molecule has 0 N–H and O–H groups in total. The maximum absolute atomic E-state index is 14.1. The van der Waals surface area contributed by atoms with Gasteiger partial charge < -0.3 is 0 Å². The van der Waals surface area contributed by atoms with Crippen LogP contribution in [0.2, 0.25) is 0 Å². The van der Waals surface area contributed by atoms with Crippen LogP contribution in [0.25, 0.3) is 0 Å². The van der Waals surface area contributed by atoms with Gasteiger partial charge in [0, 0.05) is 0 Å². The molecule has 1 nitrogen and oxygen atoms in total. The van der Waals surface area contributed by atoms with Crippen LogP contribution in [0, 0.1) is 0 Å². The molecule has 30 heavy (non-hydrogen) atoms. The largest absolute Gasteiger partial charge is 0.289 e. The minimum Gasteiger partial charge on any atom is -0.289 e.